The van der Waals surface area contributed by atoms with E-state index in [-0.39, 0.29) is 11.6 Å². The summed E-state index contributed by atoms with van der Waals surface area (Å²) in [5, 5.41) is 19.7. The number of carbonyl (C=O) groups is 3. The molecule has 0 aliphatic carbocycles. The van der Waals surface area contributed by atoms with Crippen LogP contribution in [0.5, 0.6) is 0 Å². The molecule has 1 aliphatic heterocycles. The zero-order valence-corrected chi connectivity index (χ0v) is 23.2. The van der Waals surface area contributed by atoms with Crippen molar-refractivity contribution in [1.82, 2.24) is 20.0 Å². The van der Waals surface area contributed by atoms with E-state index in [0.29, 0.717) is 21.8 Å². The van der Waals surface area contributed by atoms with Gasteiger partial charge in [0.05, 0.1) is 22.3 Å². The third-order valence-corrected chi connectivity index (χ3v) is 7.53. The Morgan fingerprint density at radius 1 is 1.15 bits per heavy atom. The lowest BCUT2D eigenvalue weighted by Gasteiger charge is -2.44. The van der Waals surface area contributed by atoms with Gasteiger partial charge in [0.1, 0.15) is 41.6 Å². The Hall–Kier alpha value is -3.51. The van der Waals surface area contributed by atoms with Crippen LogP contribution in [0.25, 0.3) is 11.4 Å². The Kier molecular flexibility index (Phi) is 9.18. The minimum atomic E-state index is -1.09. The molecule has 1 saturated heterocycles. The molecular weight excluding hydrogens is 570 g/mol. The Bertz CT molecular complexity index is 1390. The largest absolute Gasteiger partial charge is 0.463 e. The van der Waals surface area contributed by atoms with Crippen molar-refractivity contribution >= 4 is 52.6 Å². The van der Waals surface area contributed by atoms with E-state index in [9.17, 15) is 19.6 Å². The van der Waals surface area contributed by atoms with Crippen molar-refractivity contribution in [3.8, 4) is 17.5 Å². The molecule has 0 amide bonds. The molecule has 15 heteroatoms. The molecule has 1 aliphatic rings. The number of esters is 3. The lowest BCUT2D eigenvalue weighted by Crippen LogP contribution is -2.57. The van der Waals surface area contributed by atoms with E-state index >= 15 is 0 Å². The monoisotopic (exact) mass is 591 g/mol. The quantitative estimate of drug-likeness (QED) is 0.278. The summed E-state index contributed by atoms with van der Waals surface area (Å²) < 4.78 is 24.3. The summed E-state index contributed by atoms with van der Waals surface area (Å²) in [5.74, 6) is -1.81. The van der Waals surface area contributed by atoms with Gasteiger partial charge < -0.3 is 18.9 Å². The summed E-state index contributed by atoms with van der Waals surface area (Å²) in [7, 11) is 0. The fourth-order valence-electron chi connectivity index (χ4n) is 3.95. The van der Waals surface area contributed by atoms with Gasteiger partial charge in [-0.2, -0.15) is 5.26 Å². The highest BCUT2D eigenvalue weighted by molar-refractivity contribution is 7.99. The minimum absolute atomic E-state index is 0.234. The van der Waals surface area contributed by atoms with Crippen molar-refractivity contribution in [2.45, 2.75) is 55.5 Å². The molecule has 0 radical (unpaired) electrons. The van der Waals surface area contributed by atoms with Crippen LogP contribution in [0.1, 0.15) is 32.4 Å². The summed E-state index contributed by atoms with van der Waals surface area (Å²) in [4.78, 5) is 40.9. The van der Waals surface area contributed by atoms with E-state index < -0.39 is 47.7 Å². The molecule has 0 spiro atoms. The van der Waals surface area contributed by atoms with E-state index in [1.807, 2.05) is 6.07 Å². The number of nitriles is 1. The van der Waals surface area contributed by atoms with Crippen LogP contribution in [-0.4, -0.2) is 68.2 Å². The van der Waals surface area contributed by atoms with Gasteiger partial charge in [0.25, 0.3) is 0 Å². The highest BCUT2D eigenvalue weighted by Gasteiger charge is 2.52. The second kappa shape index (κ2) is 12.6. The van der Waals surface area contributed by atoms with E-state index in [1.54, 1.807) is 35.3 Å². The van der Waals surface area contributed by atoms with Crippen molar-refractivity contribution in [3.05, 3.63) is 45.9 Å². The van der Waals surface area contributed by atoms with Gasteiger partial charge in [0.15, 0.2) is 12.2 Å². The average molecular weight is 592 g/mol. The van der Waals surface area contributed by atoms with E-state index in [1.165, 1.54) is 36.8 Å². The second-order valence-corrected chi connectivity index (χ2v) is 10.6. The number of nitrogens with zero attached hydrogens (tertiary/aromatic N) is 5. The van der Waals surface area contributed by atoms with Crippen molar-refractivity contribution in [1.29, 1.82) is 5.26 Å². The van der Waals surface area contributed by atoms with Crippen LogP contribution in [0.15, 0.2) is 40.2 Å². The van der Waals surface area contributed by atoms with Crippen LogP contribution in [0.2, 0.25) is 5.02 Å². The number of aromatic nitrogens is 4. The van der Waals surface area contributed by atoms with Crippen molar-refractivity contribution in [3.63, 3.8) is 0 Å². The zero-order valence-electron chi connectivity index (χ0n) is 20.8. The maximum absolute atomic E-state index is 12.3. The molecule has 3 heterocycles. The first-order valence-corrected chi connectivity index (χ1v) is 13.7. The lowest BCUT2D eigenvalue weighted by atomic mass is 9.96. The summed E-state index contributed by atoms with van der Waals surface area (Å²) >= 11 is 8.78. The number of thioether (sulfide) groups is 1. The molecule has 0 bridgehead atoms. The Labute approximate surface area is 236 Å². The third kappa shape index (κ3) is 6.93. The van der Waals surface area contributed by atoms with Gasteiger partial charge in [-0.1, -0.05) is 28.6 Å². The van der Waals surface area contributed by atoms with Gasteiger partial charge in [-0.3, -0.25) is 14.4 Å². The average Bonchev–Trinajstić information content (AvgIpc) is 3.56. The first-order valence-electron chi connectivity index (χ1n) is 11.5. The maximum Gasteiger partial charge on any atom is 0.303 e. The summed E-state index contributed by atoms with van der Waals surface area (Å²) in [6.07, 6.45) is -1.50. The van der Waals surface area contributed by atoms with Gasteiger partial charge in [-0.25, -0.2) is 9.67 Å². The molecule has 0 saturated carbocycles. The molecule has 1 aromatic carbocycles. The summed E-state index contributed by atoms with van der Waals surface area (Å²) in [6.45, 7) is 3.45. The number of rotatable bonds is 8. The van der Waals surface area contributed by atoms with Gasteiger partial charge >= 0.3 is 17.9 Å². The van der Waals surface area contributed by atoms with Gasteiger partial charge in [0, 0.05) is 31.0 Å². The van der Waals surface area contributed by atoms with Crippen LogP contribution in [0, 0.1) is 11.3 Å². The topological polar surface area (TPSA) is 156 Å². The molecule has 2 aromatic heterocycles. The third-order valence-electron chi connectivity index (χ3n) is 5.50. The molecule has 4 rings (SSSR count). The van der Waals surface area contributed by atoms with Crippen LogP contribution in [0.3, 0.4) is 0 Å². The maximum atomic E-state index is 12.3. The zero-order chi connectivity index (χ0) is 28.1. The van der Waals surface area contributed by atoms with Crippen molar-refractivity contribution in [2.75, 3.05) is 6.61 Å². The number of hydrogen-bond acceptors (Lipinski definition) is 13. The van der Waals surface area contributed by atoms with Crippen LogP contribution < -0.4 is 0 Å². The molecule has 0 N–H and O–H groups in total. The number of halogens is 1. The molecule has 1 fully saturated rings. The number of ether oxygens (including phenoxy) is 4. The smallest absolute Gasteiger partial charge is 0.303 e. The number of carbonyl (C=O) groups excluding carboxylic acids is 3. The Morgan fingerprint density at radius 2 is 1.90 bits per heavy atom. The lowest BCUT2D eigenvalue weighted by molar-refractivity contribution is -0.212. The van der Waals surface area contributed by atoms with Crippen molar-refractivity contribution < 1.29 is 33.3 Å². The molecule has 39 heavy (non-hydrogen) atoms. The predicted octanol–water partition coefficient (Wildman–Crippen LogP) is 3.41. The highest BCUT2D eigenvalue weighted by Crippen LogP contribution is 2.42. The molecule has 5 atom stereocenters. The summed E-state index contributed by atoms with van der Waals surface area (Å²) in [6, 6.07) is 5.89. The van der Waals surface area contributed by atoms with E-state index in [2.05, 4.69) is 15.3 Å². The summed E-state index contributed by atoms with van der Waals surface area (Å²) in [5.41, 5.74) is 2.07. The number of benzene rings is 1. The van der Waals surface area contributed by atoms with Gasteiger partial charge in [0.2, 0.25) is 0 Å². The molecule has 3 aromatic rings. The highest BCUT2D eigenvalue weighted by atomic mass is 35.5. The van der Waals surface area contributed by atoms with Crippen molar-refractivity contribution in [2.24, 2.45) is 0 Å². The second-order valence-electron chi connectivity index (χ2n) is 8.31. The van der Waals surface area contributed by atoms with Gasteiger partial charge in [-0.15, -0.1) is 16.4 Å². The minimum Gasteiger partial charge on any atom is -0.463 e. The fourth-order valence-corrected chi connectivity index (χ4v) is 5.93. The number of hydrogen-bond donors (Lipinski definition) is 0. The van der Waals surface area contributed by atoms with Crippen LogP contribution in [-0.2, 0) is 33.3 Å². The molecule has 5 unspecified atom stereocenters. The van der Waals surface area contributed by atoms with Crippen LogP contribution >= 0.6 is 34.7 Å². The van der Waals surface area contributed by atoms with Gasteiger partial charge in [-0.05, 0) is 18.2 Å². The van der Waals surface area contributed by atoms with Crippen LogP contribution in [0.4, 0.5) is 0 Å². The first-order chi connectivity index (χ1) is 18.7. The first kappa shape index (κ1) is 28.5. The molecule has 12 nitrogen and oxygen atoms in total. The SMILES string of the molecule is CC(=O)OCC1OC(Sc2ccc(C#N)c(Cl)c2)C(OC(C)=O)C(n2cc(-c3cscn3)nn2)C1OC(C)=O. The Balaban J connectivity index is 1.79. The fraction of sp³-hybridized carbons (Fsp3) is 0.375. The number of thiazole rings is 1. The standard InChI is InChI=1S/C24H22ClN5O7S2/c1-12(31)34-9-20-22(35-13(2)32)21(30-8-18(28-29-30)19-10-38-11-27-19)23(36-14(3)33)24(37-20)39-16-5-4-15(7-26)17(25)6-16/h4-6,8,10-11,20-24H,9H2,1-3H3. The predicted molar refractivity (Wildman–Crippen MR) is 139 cm³/mol. The van der Waals surface area contributed by atoms with E-state index in [0.717, 1.165) is 11.8 Å². The Morgan fingerprint density at radius 3 is 2.51 bits per heavy atom. The molecular formula is C24H22ClN5O7S2. The molecule has 204 valence electrons. The normalized spacial score (nSPS) is 22.5. The van der Waals surface area contributed by atoms with E-state index in [4.69, 9.17) is 30.5 Å².